The van der Waals surface area contributed by atoms with Gasteiger partial charge in [0.15, 0.2) is 6.61 Å². The molecule has 1 aromatic heterocycles. The van der Waals surface area contributed by atoms with Crippen LogP contribution in [0.5, 0.6) is 5.75 Å². The predicted octanol–water partition coefficient (Wildman–Crippen LogP) is 4.34. The van der Waals surface area contributed by atoms with Crippen LogP contribution in [0.3, 0.4) is 0 Å². The lowest BCUT2D eigenvalue weighted by atomic mass is 9.97. The molecule has 0 bridgehead atoms. The van der Waals surface area contributed by atoms with Gasteiger partial charge in [0.25, 0.3) is 5.89 Å². The number of carbonyl (C=O) groups excluding carboxylic acids is 1. The highest BCUT2D eigenvalue weighted by atomic mass is 35.5. The average Bonchev–Trinajstić information content (AvgIpc) is 3.15. The van der Waals surface area contributed by atoms with Crippen LogP contribution in [0.2, 0.25) is 10.0 Å². The minimum absolute atomic E-state index is 0.0989. The summed E-state index contributed by atoms with van der Waals surface area (Å²) in [6.07, 6.45) is 0.509. The van der Waals surface area contributed by atoms with Crippen molar-refractivity contribution in [2.45, 2.75) is 13.0 Å². The zero-order valence-electron chi connectivity index (χ0n) is 14.0. The largest absolute Gasteiger partial charge is 0.492 e. The third kappa shape index (κ3) is 4.07. The van der Waals surface area contributed by atoms with E-state index >= 15 is 0 Å². The van der Waals surface area contributed by atoms with E-state index in [1.807, 2.05) is 0 Å². The van der Waals surface area contributed by atoms with Crippen LogP contribution in [0.1, 0.15) is 11.5 Å². The molecule has 1 aliphatic heterocycles. The van der Waals surface area contributed by atoms with E-state index in [0.29, 0.717) is 22.3 Å². The second kappa shape index (κ2) is 7.58. The Morgan fingerprint density at radius 3 is 2.74 bits per heavy atom. The fourth-order valence-electron chi connectivity index (χ4n) is 2.79. The molecule has 2 heterocycles. The Balaban J connectivity index is 1.36. The number of carbonyl (C=O) groups is 1. The van der Waals surface area contributed by atoms with Crippen LogP contribution >= 0.6 is 23.2 Å². The quantitative estimate of drug-likeness (QED) is 0.602. The van der Waals surface area contributed by atoms with Crippen molar-refractivity contribution in [3.8, 4) is 17.1 Å². The molecule has 138 valence electrons. The van der Waals surface area contributed by atoms with Crippen molar-refractivity contribution in [3.05, 3.63) is 64.0 Å². The molecular weight excluding hydrogens is 391 g/mol. The first-order valence-corrected chi connectivity index (χ1v) is 9.00. The molecule has 3 aromatic rings. The lowest BCUT2D eigenvalue weighted by Gasteiger charge is -2.23. The first kappa shape index (κ1) is 17.8. The molecule has 0 amide bonds. The number of benzene rings is 2. The number of rotatable bonds is 4. The smallest absolute Gasteiger partial charge is 0.313 e. The van der Waals surface area contributed by atoms with Gasteiger partial charge in [-0.15, -0.1) is 0 Å². The van der Waals surface area contributed by atoms with Crippen LogP contribution in [0.15, 0.2) is 47.0 Å². The topological polar surface area (TPSA) is 74.5 Å². The van der Waals surface area contributed by atoms with Crippen LogP contribution in [0, 0.1) is 5.92 Å². The Hall–Kier alpha value is -2.57. The third-order valence-corrected chi connectivity index (χ3v) is 4.66. The van der Waals surface area contributed by atoms with Gasteiger partial charge >= 0.3 is 5.97 Å². The van der Waals surface area contributed by atoms with Crippen LogP contribution in [-0.4, -0.2) is 22.7 Å². The standard InChI is InChI=1S/C19H14Cl2N2O4/c20-14-3-1-11(2-4-14)18-22-17(27-23-18)10-26-19(24)13-7-12-8-15(21)5-6-16(12)25-9-13/h1-6,8,13H,7,9-10H2/t13-/m1/s1. The Labute approximate surface area is 165 Å². The molecule has 0 spiro atoms. The molecule has 0 N–H and O–H groups in total. The van der Waals surface area contributed by atoms with Gasteiger partial charge in [-0.3, -0.25) is 4.79 Å². The van der Waals surface area contributed by atoms with E-state index in [9.17, 15) is 4.79 Å². The summed E-state index contributed by atoms with van der Waals surface area (Å²) in [5, 5.41) is 5.11. The number of hydrogen-bond donors (Lipinski definition) is 0. The fraction of sp³-hybridized carbons (Fsp3) is 0.211. The van der Waals surface area contributed by atoms with Crippen LogP contribution in [0.25, 0.3) is 11.4 Å². The SMILES string of the molecule is O=C(OCc1nc(-c2ccc(Cl)cc2)no1)[C@H]1COc2ccc(Cl)cc2C1. The van der Waals surface area contributed by atoms with Crippen molar-refractivity contribution < 1.29 is 18.8 Å². The van der Waals surface area contributed by atoms with E-state index in [-0.39, 0.29) is 25.1 Å². The van der Waals surface area contributed by atoms with E-state index in [0.717, 1.165) is 16.9 Å². The van der Waals surface area contributed by atoms with Gasteiger partial charge in [-0.2, -0.15) is 4.98 Å². The maximum atomic E-state index is 12.3. The molecule has 0 radical (unpaired) electrons. The molecule has 0 saturated heterocycles. The number of hydrogen-bond acceptors (Lipinski definition) is 6. The van der Waals surface area contributed by atoms with E-state index in [2.05, 4.69) is 10.1 Å². The van der Waals surface area contributed by atoms with Crippen molar-refractivity contribution in [3.63, 3.8) is 0 Å². The van der Waals surface area contributed by atoms with Crippen molar-refractivity contribution in [1.29, 1.82) is 0 Å². The van der Waals surface area contributed by atoms with Gasteiger partial charge in [0.05, 0.1) is 5.92 Å². The Morgan fingerprint density at radius 2 is 1.93 bits per heavy atom. The molecule has 6 nitrogen and oxygen atoms in total. The Morgan fingerprint density at radius 1 is 1.15 bits per heavy atom. The fourth-order valence-corrected chi connectivity index (χ4v) is 3.12. The maximum absolute atomic E-state index is 12.3. The van der Waals surface area contributed by atoms with E-state index < -0.39 is 5.92 Å². The van der Waals surface area contributed by atoms with Crippen molar-refractivity contribution in [1.82, 2.24) is 10.1 Å². The van der Waals surface area contributed by atoms with Crippen molar-refractivity contribution in [2.24, 2.45) is 5.92 Å². The molecular formula is C19H14Cl2N2O4. The number of ether oxygens (including phenoxy) is 2. The number of halogens is 2. The molecule has 1 atom stereocenters. The highest BCUT2D eigenvalue weighted by molar-refractivity contribution is 6.30. The second-order valence-corrected chi connectivity index (χ2v) is 6.96. The molecule has 0 fully saturated rings. The normalized spacial score (nSPS) is 15.7. The first-order valence-electron chi connectivity index (χ1n) is 8.25. The molecule has 8 heteroatoms. The third-order valence-electron chi connectivity index (χ3n) is 4.17. The number of nitrogens with zero attached hydrogens (tertiary/aromatic N) is 2. The molecule has 4 rings (SSSR count). The average molecular weight is 405 g/mol. The summed E-state index contributed by atoms with van der Waals surface area (Å²) >= 11 is 11.9. The van der Waals surface area contributed by atoms with Gasteiger partial charge in [-0.1, -0.05) is 28.4 Å². The zero-order valence-corrected chi connectivity index (χ0v) is 15.5. The van der Waals surface area contributed by atoms with Gasteiger partial charge in [0.2, 0.25) is 5.82 Å². The lowest BCUT2D eigenvalue weighted by molar-refractivity contribution is -0.152. The van der Waals surface area contributed by atoms with E-state index in [1.165, 1.54) is 0 Å². The number of fused-ring (bicyclic) bond motifs is 1. The van der Waals surface area contributed by atoms with Gasteiger partial charge in [-0.05, 0) is 54.4 Å². The van der Waals surface area contributed by atoms with E-state index in [4.69, 9.17) is 37.2 Å². The summed E-state index contributed by atoms with van der Waals surface area (Å²) in [6.45, 7) is 0.158. The summed E-state index contributed by atoms with van der Waals surface area (Å²) in [5.41, 5.74) is 1.65. The van der Waals surface area contributed by atoms with Gasteiger partial charge in [0.1, 0.15) is 12.4 Å². The molecule has 2 aromatic carbocycles. The van der Waals surface area contributed by atoms with Crippen molar-refractivity contribution >= 4 is 29.2 Å². The highest BCUT2D eigenvalue weighted by Crippen LogP contribution is 2.30. The second-order valence-electron chi connectivity index (χ2n) is 6.09. The van der Waals surface area contributed by atoms with Crippen LogP contribution in [0.4, 0.5) is 0 Å². The molecule has 27 heavy (non-hydrogen) atoms. The summed E-state index contributed by atoms with van der Waals surface area (Å²) in [4.78, 5) is 16.6. The first-order chi connectivity index (χ1) is 13.1. The minimum atomic E-state index is -0.408. The number of aromatic nitrogens is 2. The molecule has 0 saturated carbocycles. The van der Waals surface area contributed by atoms with E-state index in [1.54, 1.807) is 42.5 Å². The number of esters is 1. The predicted molar refractivity (Wildman–Crippen MR) is 98.7 cm³/mol. The van der Waals surface area contributed by atoms with Crippen LogP contribution < -0.4 is 4.74 Å². The summed E-state index contributed by atoms with van der Waals surface area (Å²) in [5.74, 6) is 0.574. The zero-order chi connectivity index (χ0) is 18.8. The van der Waals surface area contributed by atoms with Gasteiger partial charge < -0.3 is 14.0 Å². The molecule has 0 aliphatic carbocycles. The lowest BCUT2D eigenvalue weighted by Crippen LogP contribution is -2.29. The summed E-state index contributed by atoms with van der Waals surface area (Å²) in [6, 6.07) is 12.4. The summed E-state index contributed by atoms with van der Waals surface area (Å²) < 4.78 is 16.1. The minimum Gasteiger partial charge on any atom is -0.492 e. The van der Waals surface area contributed by atoms with Gasteiger partial charge in [0, 0.05) is 15.6 Å². The molecule has 0 unspecified atom stereocenters. The van der Waals surface area contributed by atoms with Gasteiger partial charge in [-0.25, -0.2) is 0 Å². The van der Waals surface area contributed by atoms with Crippen LogP contribution in [-0.2, 0) is 22.6 Å². The molecule has 1 aliphatic rings. The summed E-state index contributed by atoms with van der Waals surface area (Å²) in [7, 11) is 0. The monoisotopic (exact) mass is 404 g/mol. The maximum Gasteiger partial charge on any atom is 0.313 e. The Bertz CT molecular complexity index is 972. The highest BCUT2D eigenvalue weighted by Gasteiger charge is 2.28. The Kier molecular flexibility index (Phi) is 5.01. The van der Waals surface area contributed by atoms with Crippen molar-refractivity contribution in [2.75, 3.05) is 6.61 Å².